The summed E-state index contributed by atoms with van der Waals surface area (Å²) in [5, 5.41) is 4.62. The Morgan fingerprint density at radius 1 is 1.00 bits per heavy atom. The number of ketones is 1. The van der Waals surface area contributed by atoms with E-state index in [0.29, 0.717) is 5.56 Å². The molecule has 0 saturated heterocycles. The number of amides is 3. The number of aryl methyl sites for hydroxylation is 1. The molecule has 0 atom stereocenters. The minimum Gasteiger partial charge on any atom is -0.456 e. The van der Waals surface area contributed by atoms with Crippen molar-refractivity contribution in [1.29, 1.82) is 0 Å². The van der Waals surface area contributed by atoms with Crippen LogP contribution in [0.3, 0.4) is 0 Å². The molecule has 7 heteroatoms. The highest BCUT2D eigenvalue weighted by Crippen LogP contribution is 2.10. The zero-order valence-corrected chi connectivity index (χ0v) is 16.4. The lowest BCUT2D eigenvalue weighted by molar-refractivity contribution is -0.148. The van der Waals surface area contributed by atoms with E-state index in [2.05, 4.69) is 17.6 Å². The molecule has 1 rings (SSSR count). The number of hydrogen-bond donors (Lipinski definition) is 2. The molecule has 2 N–H and O–H groups in total. The van der Waals surface area contributed by atoms with E-state index in [4.69, 9.17) is 4.74 Å². The van der Waals surface area contributed by atoms with Gasteiger partial charge in [0.25, 0.3) is 5.91 Å². The average molecular weight is 376 g/mol. The summed E-state index contributed by atoms with van der Waals surface area (Å²) in [6.07, 6.45) is 1.86. The first-order valence-corrected chi connectivity index (χ1v) is 9.00. The molecule has 0 aromatic heterocycles. The van der Waals surface area contributed by atoms with Crippen LogP contribution in [0.2, 0.25) is 0 Å². The second kappa shape index (κ2) is 10.4. The molecule has 0 aliphatic rings. The largest absolute Gasteiger partial charge is 0.456 e. The summed E-state index contributed by atoms with van der Waals surface area (Å²) in [5.41, 5.74) is 1.21. The molecule has 0 fully saturated rings. The number of hydrogen-bond acceptors (Lipinski definition) is 5. The SMILES string of the molecule is CCCc1ccc(C(=O)CCC(=O)OCC(=O)NC(=O)NC(C)(C)C)cc1. The lowest BCUT2D eigenvalue weighted by Crippen LogP contribution is -2.49. The van der Waals surface area contributed by atoms with Gasteiger partial charge in [-0.2, -0.15) is 0 Å². The van der Waals surface area contributed by atoms with Gasteiger partial charge in [0.15, 0.2) is 12.4 Å². The maximum Gasteiger partial charge on any atom is 0.321 e. The molecule has 0 radical (unpaired) electrons. The van der Waals surface area contributed by atoms with E-state index in [1.807, 2.05) is 12.1 Å². The topological polar surface area (TPSA) is 102 Å². The molecular formula is C20H28N2O5. The van der Waals surface area contributed by atoms with Gasteiger partial charge in [0, 0.05) is 17.5 Å². The van der Waals surface area contributed by atoms with Gasteiger partial charge in [0.2, 0.25) is 0 Å². The standard InChI is InChI=1S/C20H28N2O5/c1-5-6-14-7-9-15(10-8-14)16(23)11-12-18(25)27-13-17(24)21-19(26)22-20(2,3)4/h7-10H,5-6,11-13H2,1-4H3,(H2,21,22,24,26). The summed E-state index contributed by atoms with van der Waals surface area (Å²) >= 11 is 0. The van der Waals surface area contributed by atoms with Gasteiger partial charge in [-0.05, 0) is 32.8 Å². The van der Waals surface area contributed by atoms with Crippen LogP contribution < -0.4 is 10.6 Å². The molecule has 1 aromatic rings. The number of carbonyl (C=O) groups excluding carboxylic acids is 4. The fourth-order valence-corrected chi connectivity index (χ4v) is 2.26. The first-order chi connectivity index (χ1) is 12.6. The van der Waals surface area contributed by atoms with Crippen molar-refractivity contribution < 1.29 is 23.9 Å². The van der Waals surface area contributed by atoms with Crippen LogP contribution >= 0.6 is 0 Å². The van der Waals surface area contributed by atoms with Crippen LogP contribution in [-0.2, 0) is 20.7 Å². The highest BCUT2D eigenvalue weighted by atomic mass is 16.5. The lowest BCUT2D eigenvalue weighted by Gasteiger charge is -2.20. The van der Waals surface area contributed by atoms with Crippen LogP contribution in [0.5, 0.6) is 0 Å². The van der Waals surface area contributed by atoms with Gasteiger partial charge < -0.3 is 10.1 Å². The zero-order chi connectivity index (χ0) is 20.4. The Morgan fingerprint density at radius 2 is 1.63 bits per heavy atom. The predicted molar refractivity (Wildman–Crippen MR) is 101 cm³/mol. The van der Waals surface area contributed by atoms with Gasteiger partial charge in [-0.1, -0.05) is 37.6 Å². The van der Waals surface area contributed by atoms with E-state index in [9.17, 15) is 19.2 Å². The van der Waals surface area contributed by atoms with E-state index < -0.39 is 30.1 Å². The van der Waals surface area contributed by atoms with Crippen LogP contribution in [0.15, 0.2) is 24.3 Å². The van der Waals surface area contributed by atoms with E-state index in [1.165, 1.54) is 0 Å². The monoisotopic (exact) mass is 376 g/mol. The number of nitrogens with one attached hydrogen (secondary N) is 2. The third kappa shape index (κ3) is 9.53. The Balaban J connectivity index is 2.33. The van der Waals surface area contributed by atoms with Crippen LogP contribution in [0.1, 0.15) is 62.9 Å². The van der Waals surface area contributed by atoms with Crippen molar-refractivity contribution in [3.63, 3.8) is 0 Å². The van der Waals surface area contributed by atoms with Gasteiger partial charge in [-0.15, -0.1) is 0 Å². The first-order valence-electron chi connectivity index (χ1n) is 9.00. The van der Waals surface area contributed by atoms with Crippen LogP contribution in [0.25, 0.3) is 0 Å². The Kier molecular flexibility index (Phi) is 8.65. The minimum absolute atomic E-state index is 0.00190. The average Bonchev–Trinajstić information content (AvgIpc) is 2.57. The molecule has 0 spiro atoms. The molecule has 0 unspecified atom stereocenters. The number of ether oxygens (including phenoxy) is 1. The van der Waals surface area contributed by atoms with E-state index in [1.54, 1.807) is 32.9 Å². The van der Waals surface area contributed by atoms with Crippen LogP contribution in [-0.4, -0.2) is 35.8 Å². The summed E-state index contributed by atoms with van der Waals surface area (Å²) in [5.74, 6) is -1.57. The number of rotatable bonds is 8. The summed E-state index contributed by atoms with van der Waals surface area (Å²) < 4.78 is 4.79. The van der Waals surface area contributed by atoms with Crippen molar-refractivity contribution in [2.75, 3.05) is 6.61 Å². The second-order valence-electron chi connectivity index (χ2n) is 7.28. The third-order valence-corrected chi connectivity index (χ3v) is 3.48. The molecule has 0 aliphatic carbocycles. The van der Waals surface area contributed by atoms with Crippen molar-refractivity contribution in [1.82, 2.24) is 10.6 Å². The quantitative estimate of drug-likeness (QED) is 0.537. The molecular weight excluding hydrogens is 348 g/mol. The number of Topliss-reactive ketones (excluding diaryl/α,β-unsaturated/α-hetero) is 1. The highest BCUT2D eigenvalue weighted by Gasteiger charge is 2.17. The number of carbonyl (C=O) groups is 4. The van der Waals surface area contributed by atoms with Gasteiger partial charge in [0.05, 0.1) is 6.42 Å². The first kappa shape index (κ1) is 22.3. The Labute approximate surface area is 159 Å². The molecule has 0 aliphatic heterocycles. The van der Waals surface area contributed by atoms with Gasteiger partial charge >= 0.3 is 12.0 Å². The number of urea groups is 1. The summed E-state index contributed by atoms with van der Waals surface area (Å²) in [4.78, 5) is 46.9. The number of imide groups is 1. The van der Waals surface area contributed by atoms with Crippen LogP contribution in [0.4, 0.5) is 4.79 Å². The van der Waals surface area contributed by atoms with Crippen molar-refractivity contribution in [3.8, 4) is 0 Å². The smallest absolute Gasteiger partial charge is 0.321 e. The zero-order valence-electron chi connectivity index (χ0n) is 16.4. The van der Waals surface area contributed by atoms with Crippen molar-refractivity contribution in [3.05, 3.63) is 35.4 Å². The van der Waals surface area contributed by atoms with E-state index >= 15 is 0 Å². The molecule has 0 heterocycles. The fraction of sp³-hybridized carbons (Fsp3) is 0.500. The van der Waals surface area contributed by atoms with Crippen molar-refractivity contribution >= 4 is 23.7 Å². The van der Waals surface area contributed by atoms with E-state index in [0.717, 1.165) is 18.4 Å². The van der Waals surface area contributed by atoms with Gasteiger partial charge in [-0.3, -0.25) is 19.7 Å². The Hall–Kier alpha value is -2.70. The lowest BCUT2D eigenvalue weighted by atomic mass is 10.0. The summed E-state index contributed by atoms with van der Waals surface area (Å²) in [7, 11) is 0. The maximum absolute atomic E-state index is 12.1. The van der Waals surface area contributed by atoms with Crippen molar-refractivity contribution in [2.45, 2.75) is 58.9 Å². The molecule has 1 aromatic carbocycles. The number of esters is 1. The van der Waals surface area contributed by atoms with Gasteiger partial charge in [-0.25, -0.2) is 4.79 Å². The van der Waals surface area contributed by atoms with Crippen molar-refractivity contribution in [2.24, 2.45) is 0 Å². The molecule has 7 nitrogen and oxygen atoms in total. The molecule has 0 bridgehead atoms. The summed E-state index contributed by atoms with van der Waals surface area (Å²) in [6.45, 7) is 6.82. The molecule has 148 valence electrons. The molecule has 0 saturated carbocycles. The van der Waals surface area contributed by atoms with Crippen LogP contribution in [0, 0.1) is 0 Å². The predicted octanol–water partition coefficient (Wildman–Crippen LogP) is 2.77. The second-order valence-corrected chi connectivity index (χ2v) is 7.28. The number of benzene rings is 1. The maximum atomic E-state index is 12.1. The normalized spacial score (nSPS) is 10.8. The Bertz CT molecular complexity index is 675. The molecule has 27 heavy (non-hydrogen) atoms. The fourth-order valence-electron chi connectivity index (χ4n) is 2.26. The molecule has 3 amide bonds. The highest BCUT2D eigenvalue weighted by molar-refractivity contribution is 5.98. The Morgan fingerprint density at radius 3 is 2.19 bits per heavy atom. The summed E-state index contributed by atoms with van der Waals surface area (Å²) in [6, 6.07) is 6.65. The minimum atomic E-state index is -0.733. The van der Waals surface area contributed by atoms with E-state index in [-0.39, 0.29) is 18.6 Å². The third-order valence-electron chi connectivity index (χ3n) is 3.48. The van der Waals surface area contributed by atoms with Gasteiger partial charge in [0.1, 0.15) is 0 Å².